The molecule has 1 aliphatic rings. The van der Waals surface area contributed by atoms with E-state index in [9.17, 15) is 8.42 Å². The van der Waals surface area contributed by atoms with Crippen LogP contribution in [0.3, 0.4) is 0 Å². The van der Waals surface area contributed by atoms with Crippen LogP contribution in [0.5, 0.6) is 0 Å². The number of piperidine rings is 1. The summed E-state index contributed by atoms with van der Waals surface area (Å²) in [5, 5.41) is 3.06. The monoisotopic (exact) mass is 249 g/mol. The molecule has 0 aromatic heterocycles. The molecule has 2 rings (SSSR count). The van der Waals surface area contributed by atoms with Crippen molar-refractivity contribution in [1.82, 2.24) is 5.32 Å². The van der Waals surface area contributed by atoms with Gasteiger partial charge in [0.25, 0.3) is 0 Å². The lowest BCUT2D eigenvalue weighted by Gasteiger charge is -2.34. The molecule has 0 aliphatic carbocycles. The van der Waals surface area contributed by atoms with Gasteiger partial charge in [-0.2, -0.15) is 0 Å². The molecule has 1 fully saturated rings. The second kappa shape index (κ2) is 4.82. The van der Waals surface area contributed by atoms with Gasteiger partial charge < -0.3 is 5.32 Å². The number of hydrogen-bond donors (Lipinski definition) is 1. The Kier molecular flexibility index (Phi) is 3.59. The molecule has 1 aromatic carbocycles. The number of rotatable bonds is 3. The van der Waals surface area contributed by atoms with Gasteiger partial charge in [0.15, 0.2) is 9.84 Å². The van der Waals surface area contributed by atoms with Crippen LogP contribution >= 0.6 is 0 Å². The van der Waals surface area contributed by atoms with Gasteiger partial charge in [-0.05, 0) is 24.9 Å². The predicted molar refractivity (Wildman–Crippen MR) is 69.7 cm³/mol. The van der Waals surface area contributed by atoms with Gasteiger partial charge in [0, 0.05) is 11.2 Å². The number of hydrogen-bond acceptors (Lipinski definition) is 3. The highest BCUT2D eigenvalue weighted by Gasteiger charge is 2.39. The van der Waals surface area contributed by atoms with Gasteiger partial charge in [-0.25, -0.2) is 8.42 Å². The van der Waals surface area contributed by atoms with Crippen molar-refractivity contribution in [2.45, 2.75) is 23.2 Å². The third-order valence-electron chi connectivity index (χ3n) is 3.20. The maximum absolute atomic E-state index is 12.3. The minimum Gasteiger partial charge on any atom is -0.316 e. The fourth-order valence-electron chi connectivity index (χ4n) is 2.10. The summed E-state index contributed by atoms with van der Waals surface area (Å²) in [6.45, 7) is 1.20. The Hall–Kier alpha value is -0.805. The molecule has 0 saturated carbocycles. The lowest BCUT2D eigenvalue weighted by Crippen LogP contribution is -2.52. The summed E-state index contributed by atoms with van der Waals surface area (Å²) in [4.78, 5) is 0. The lowest BCUT2D eigenvalue weighted by molar-refractivity contribution is 0.468. The van der Waals surface area contributed by atoms with Crippen LogP contribution in [-0.2, 0) is 15.6 Å². The molecule has 1 unspecified atom stereocenters. The van der Waals surface area contributed by atoms with E-state index in [2.05, 4.69) is 5.32 Å². The zero-order valence-corrected chi connectivity index (χ0v) is 10.5. The van der Waals surface area contributed by atoms with Crippen molar-refractivity contribution in [3.8, 4) is 0 Å². The molecule has 5 heteroatoms. The minimum atomic E-state index is -3.32. The van der Waals surface area contributed by atoms with Crippen LogP contribution in [0, 0.1) is 0 Å². The highest BCUT2D eigenvalue weighted by molar-refractivity contribution is 7.93. The molecule has 1 N–H and O–H groups in total. The molecule has 90 valence electrons. The average Bonchev–Trinajstić information content (AvgIpc) is 2.30. The summed E-state index contributed by atoms with van der Waals surface area (Å²) in [5.74, 6) is 0.0199. The smallest absolute Gasteiger partial charge is 0.153 e. The van der Waals surface area contributed by atoms with Gasteiger partial charge in [0.05, 0.1) is 13.6 Å². The number of nitrogens with one attached hydrogen (secondary N) is 1. The number of sulfone groups is 1. The first kappa shape index (κ1) is 12.6. The van der Waals surface area contributed by atoms with Gasteiger partial charge in [0.1, 0.15) is 0 Å². The lowest BCUT2D eigenvalue weighted by atomic mass is 9.80. The Morgan fingerprint density at radius 3 is 2.59 bits per heavy atom. The van der Waals surface area contributed by atoms with Gasteiger partial charge in [-0.1, -0.05) is 30.3 Å². The van der Waals surface area contributed by atoms with Crippen molar-refractivity contribution in [2.24, 2.45) is 0 Å². The highest BCUT2D eigenvalue weighted by Crippen LogP contribution is 2.25. The van der Waals surface area contributed by atoms with E-state index < -0.39 is 14.5 Å². The topological polar surface area (TPSA) is 46.2 Å². The van der Waals surface area contributed by atoms with Crippen molar-refractivity contribution >= 4 is 17.7 Å². The zero-order valence-electron chi connectivity index (χ0n) is 9.72. The van der Waals surface area contributed by atoms with Crippen LogP contribution in [0.25, 0.3) is 0 Å². The Labute approximate surface area is 104 Å². The van der Waals surface area contributed by atoms with Gasteiger partial charge >= 0.3 is 0 Å². The third-order valence-corrected chi connectivity index (χ3v) is 5.50. The summed E-state index contributed by atoms with van der Waals surface area (Å²) < 4.78 is 23.5. The Bertz CT molecular complexity index is 467. The van der Waals surface area contributed by atoms with Gasteiger partial charge in [-0.3, -0.25) is 0 Å². The second-order valence-corrected chi connectivity index (χ2v) is 6.92. The Morgan fingerprint density at radius 2 is 2.00 bits per heavy atom. The first-order chi connectivity index (χ1) is 8.04. The van der Waals surface area contributed by atoms with E-state index in [-0.39, 0.29) is 5.75 Å². The summed E-state index contributed by atoms with van der Waals surface area (Å²) in [5.41, 5.74) is 0.794. The van der Waals surface area contributed by atoms with Crippen molar-refractivity contribution in [3.05, 3.63) is 35.9 Å². The largest absolute Gasteiger partial charge is 0.316 e. The van der Waals surface area contributed by atoms with E-state index in [0.29, 0.717) is 13.0 Å². The molecule has 1 aromatic rings. The first-order valence-electron chi connectivity index (χ1n) is 5.79. The molecule has 1 aliphatic heterocycles. The van der Waals surface area contributed by atoms with Gasteiger partial charge in [0.2, 0.25) is 0 Å². The van der Waals surface area contributed by atoms with Crippen LogP contribution in [0.15, 0.2) is 30.3 Å². The molecule has 0 spiro atoms. The maximum Gasteiger partial charge on any atom is 0.153 e. The summed E-state index contributed by atoms with van der Waals surface area (Å²) >= 11 is 0. The standard InChI is InChI=1S/C12H16BNO2S/c13-12(7-4-8-14-10-12)17(15,16)9-11-5-2-1-3-6-11/h1-3,5-6,14H,4,7-10H2. The normalized spacial score (nSPS) is 25.6. The predicted octanol–water partition coefficient (Wildman–Crippen LogP) is 0.850. The average molecular weight is 249 g/mol. The minimum absolute atomic E-state index is 0.0199. The molecule has 1 atom stereocenters. The van der Waals surface area contributed by atoms with E-state index in [1.54, 1.807) is 0 Å². The van der Waals surface area contributed by atoms with Crippen molar-refractivity contribution in [3.63, 3.8) is 0 Å². The fourth-order valence-corrected chi connectivity index (χ4v) is 3.80. The molecule has 3 nitrogen and oxygen atoms in total. The first-order valence-corrected chi connectivity index (χ1v) is 7.45. The molecule has 17 heavy (non-hydrogen) atoms. The molecular formula is C12H16BNO2S. The molecule has 1 heterocycles. The SMILES string of the molecule is [B]C1(S(=O)(=O)Cc2ccccc2)CCCNC1. The van der Waals surface area contributed by atoms with E-state index in [4.69, 9.17) is 7.85 Å². The van der Waals surface area contributed by atoms with Crippen molar-refractivity contribution < 1.29 is 8.42 Å². The summed E-state index contributed by atoms with van der Waals surface area (Å²) in [7, 11) is 2.71. The third kappa shape index (κ3) is 2.72. The molecule has 2 radical (unpaired) electrons. The Balaban J connectivity index is 2.19. The van der Waals surface area contributed by atoms with Crippen LogP contribution < -0.4 is 5.32 Å². The van der Waals surface area contributed by atoms with E-state index in [1.807, 2.05) is 30.3 Å². The number of benzene rings is 1. The zero-order chi connectivity index (χ0) is 12.4. The fraction of sp³-hybridized carbons (Fsp3) is 0.500. The molecule has 0 bridgehead atoms. The van der Waals surface area contributed by atoms with Crippen LogP contribution in [-0.4, -0.2) is 34.0 Å². The van der Waals surface area contributed by atoms with E-state index >= 15 is 0 Å². The summed E-state index contributed by atoms with van der Waals surface area (Å²) in [6, 6.07) is 9.19. The van der Waals surface area contributed by atoms with E-state index in [0.717, 1.165) is 18.5 Å². The summed E-state index contributed by atoms with van der Waals surface area (Å²) in [6.07, 6.45) is 1.35. The van der Waals surface area contributed by atoms with Crippen LogP contribution in [0.4, 0.5) is 0 Å². The molecular weight excluding hydrogens is 233 g/mol. The maximum atomic E-state index is 12.3. The second-order valence-electron chi connectivity index (χ2n) is 4.59. The van der Waals surface area contributed by atoms with Crippen molar-refractivity contribution in [2.75, 3.05) is 13.1 Å². The Morgan fingerprint density at radius 1 is 1.29 bits per heavy atom. The quantitative estimate of drug-likeness (QED) is 0.808. The van der Waals surface area contributed by atoms with Crippen molar-refractivity contribution in [1.29, 1.82) is 0 Å². The molecule has 0 amide bonds. The molecule has 1 saturated heterocycles. The highest BCUT2D eigenvalue weighted by atomic mass is 32.2. The van der Waals surface area contributed by atoms with E-state index in [1.165, 1.54) is 0 Å². The van der Waals surface area contributed by atoms with Crippen LogP contribution in [0.1, 0.15) is 18.4 Å². The van der Waals surface area contributed by atoms with Gasteiger partial charge in [-0.15, -0.1) is 0 Å². The van der Waals surface area contributed by atoms with Crippen LogP contribution in [0.2, 0.25) is 0 Å².